The molecule has 1 heterocycles. The smallest absolute Gasteiger partial charge is 0.315 e. The molecule has 0 saturated carbocycles. The summed E-state index contributed by atoms with van der Waals surface area (Å²) in [6, 6.07) is 8.02. The third-order valence-corrected chi connectivity index (χ3v) is 3.43. The normalized spacial score (nSPS) is 12.0. The molecule has 0 saturated heterocycles. The molecule has 0 aliphatic carbocycles. The van der Waals surface area contributed by atoms with Gasteiger partial charge in [0.15, 0.2) is 5.82 Å². The second-order valence-electron chi connectivity index (χ2n) is 5.20. The molecule has 1 atom stereocenters. The molecule has 2 amide bonds. The highest BCUT2D eigenvalue weighted by atomic mass is 16.5. The van der Waals surface area contributed by atoms with Gasteiger partial charge in [0.2, 0.25) is 5.89 Å². The van der Waals surface area contributed by atoms with Crippen LogP contribution in [-0.4, -0.2) is 22.7 Å². The van der Waals surface area contributed by atoms with Gasteiger partial charge in [-0.2, -0.15) is 4.98 Å². The van der Waals surface area contributed by atoms with Gasteiger partial charge in [0.25, 0.3) is 0 Å². The molecule has 0 bridgehead atoms. The van der Waals surface area contributed by atoms with Gasteiger partial charge in [-0.05, 0) is 31.4 Å². The van der Waals surface area contributed by atoms with Gasteiger partial charge < -0.3 is 15.2 Å². The van der Waals surface area contributed by atoms with Gasteiger partial charge in [-0.1, -0.05) is 36.3 Å². The number of aromatic nitrogens is 2. The predicted molar refractivity (Wildman–Crippen MR) is 83.5 cm³/mol. The third-order valence-electron chi connectivity index (χ3n) is 3.43. The van der Waals surface area contributed by atoms with E-state index in [1.54, 1.807) is 6.92 Å². The summed E-state index contributed by atoms with van der Waals surface area (Å²) in [5.74, 6) is 1.13. The van der Waals surface area contributed by atoms with Crippen LogP contribution in [0.4, 0.5) is 4.79 Å². The Hall–Kier alpha value is -2.37. The highest BCUT2D eigenvalue weighted by molar-refractivity contribution is 5.74. The number of rotatable bonds is 6. The molecule has 6 heteroatoms. The summed E-state index contributed by atoms with van der Waals surface area (Å²) in [5.41, 5.74) is 2.37. The highest BCUT2D eigenvalue weighted by Crippen LogP contribution is 2.13. The second-order valence-corrected chi connectivity index (χ2v) is 5.20. The fourth-order valence-electron chi connectivity index (χ4n) is 2.10. The number of hydrogen-bond acceptors (Lipinski definition) is 4. The molecule has 0 aliphatic rings. The summed E-state index contributed by atoms with van der Waals surface area (Å²) in [5, 5.41) is 9.40. The van der Waals surface area contributed by atoms with Crippen molar-refractivity contribution in [2.45, 2.75) is 39.7 Å². The van der Waals surface area contributed by atoms with E-state index >= 15 is 0 Å². The summed E-state index contributed by atoms with van der Waals surface area (Å²) < 4.78 is 4.99. The van der Waals surface area contributed by atoms with Crippen LogP contribution in [0.5, 0.6) is 0 Å². The monoisotopic (exact) mass is 302 g/mol. The summed E-state index contributed by atoms with van der Waals surface area (Å²) in [7, 11) is 0. The first-order chi connectivity index (χ1) is 10.6. The largest absolute Gasteiger partial charge is 0.339 e. The van der Waals surface area contributed by atoms with Crippen molar-refractivity contribution in [3.05, 3.63) is 47.1 Å². The first kappa shape index (κ1) is 16.0. The summed E-state index contributed by atoms with van der Waals surface area (Å²) in [6.45, 7) is 6.30. The maximum Gasteiger partial charge on any atom is 0.315 e. The van der Waals surface area contributed by atoms with E-state index in [0.29, 0.717) is 24.7 Å². The average molecular weight is 302 g/mol. The van der Waals surface area contributed by atoms with E-state index in [4.69, 9.17) is 4.52 Å². The van der Waals surface area contributed by atoms with Crippen LogP contribution in [-0.2, 0) is 12.8 Å². The van der Waals surface area contributed by atoms with Crippen molar-refractivity contribution >= 4 is 6.03 Å². The SMILES string of the molecule is CCc1ccc([C@@H](C)NC(=O)NCCc2nc(C)no2)cc1. The number of nitrogens with zero attached hydrogens (tertiary/aromatic N) is 2. The van der Waals surface area contributed by atoms with E-state index in [-0.39, 0.29) is 12.1 Å². The number of benzene rings is 1. The molecule has 6 nitrogen and oxygen atoms in total. The van der Waals surface area contributed by atoms with E-state index in [1.165, 1.54) is 5.56 Å². The van der Waals surface area contributed by atoms with Gasteiger partial charge >= 0.3 is 6.03 Å². The molecule has 22 heavy (non-hydrogen) atoms. The van der Waals surface area contributed by atoms with Crippen LogP contribution < -0.4 is 10.6 Å². The molecule has 0 fully saturated rings. The number of hydrogen-bond donors (Lipinski definition) is 2. The minimum Gasteiger partial charge on any atom is -0.339 e. The zero-order valence-electron chi connectivity index (χ0n) is 13.2. The Morgan fingerprint density at radius 2 is 2.05 bits per heavy atom. The number of urea groups is 1. The van der Waals surface area contributed by atoms with Crippen LogP contribution in [0.2, 0.25) is 0 Å². The van der Waals surface area contributed by atoms with Gasteiger partial charge in [0.05, 0.1) is 6.04 Å². The van der Waals surface area contributed by atoms with Crippen molar-refractivity contribution in [1.29, 1.82) is 0 Å². The van der Waals surface area contributed by atoms with E-state index < -0.39 is 0 Å². The molecule has 0 aliphatic heterocycles. The lowest BCUT2D eigenvalue weighted by Gasteiger charge is -2.15. The molecular weight excluding hydrogens is 280 g/mol. The predicted octanol–water partition coefficient (Wildman–Crippen LogP) is 2.54. The molecule has 2 N–H and O–H groups in total. The van der Waals surface area contributed by atoms with E-state index in [1.807, 2.05) is 19.1 Å². The van der Waals surface area contributed by atoms with Gasteiger partial charge in [-0.25, -0.2) is 4.79 Å². The molecule has 118 valence electrons. The summed E-state index contributed by atoms with van der Waals surface area (Å²) in [6.07, 6.45) is 1.53. The van der Waals surface area contributed by atoms with Gasteiger partial charge in [0, 0.05) is 13.0 Å². The van der Waals surface area contributed by atoms with E-state index in [2.05, 4.69) is 39.8 Å². The molecule has 0 spiro atoms. The van der Waals surface area contributed by atoms with Crippen molar-refractivity contribution in [3.8, 4) is 0 Å². The Morgan fingerprint density at radius 1 is 1.32 bits per heavy atom. The zero-order valence-corrected chi connectivity index (χ0v) is 13.2. The quantitative estimate of drug-likeness (QED) is 0.859. The van der Waals surface area contributed by atoms with Crippen molar-refractivity contribution in [2.75, 3.05) is 6.54 Å². The van der Waals surface area contributed by atoms with Crippen molar-refractivity contribution in [1.82, 2.24) is 20.8 Å². The van der Waals surface area contributed by atoms with Crippen LogP contribution in [0.25, 0.3) is 0 Å². The summed E-state index contributed by atoms with van der Waals surface area (Å²) >= 11 is 0. The number of amides is 2. The lowest BCUT2D eigenvalue weighted by Crippen LogP contribution is -2.38. The minimum atomic E-state index is -0.205. The number of aryl methyl sites for hydroxylation is 2. The van der Waals surface area contributed by atoms with Crippen LogP contribution in [0, 0.1) is 6.92 Å². The summed E-state index contributed by atoms with van der Waals surface area (Å²) in [4.78, 5) is 15.9. The Morgan fingerprint density at radius 3 is 2.64 bits per heavy atom. The standard InChI is InChI=1S/C16H22N4O2/c1-4-13-5-7-14(8-6-13)11(2)18-16(21)17-10-9-15-19-12(3)20-22-15/h5-8,11H,4,9-10H2,1-3H3,(H2,17,18,21)/t11-/m1/s1. The Bertz CT molecular complexity index is 607. The number of nitrogens with one attached hydrogen (secondary N) is 2. The molecular formula is C16H22N4O2. The van der Waals surface area contributed by atoms with Crippen LogP contribution in [0.1, 0.15) is 42.7 Å². The van der Waals surface area contributed by atoms with Crippen molar-refractivity contribution < 1.29 is 9.32 Å². The number of carbonyl (C=O) groups is 1. The fourth-order valence-corrected chi connectivity index (χ4v) is 2.10. The molecule has 0 unspecified atom stereocenters. The maximum atomic E-state index is 11.9. The Balaban J connectivity index is 1.75. The molecule has 2 rings (SSSR count). The Labute approximate surface area is 130 Å². The first-order valence-electron chi connectivity index (χ1n) is 7.51. The van der Waals surface area contributed by atoms with Gasteiger partial charge in [0.1, 0.15) is 0 Å². The fraction of sp³-hybridized carbons (Fsp3) is 0.438. The number of carbonyl (C=O) groups excluding carboxylic acids is 1. The van der Waals surface area contributed by atoms with E-state index in [0.717, 1.165) is 12.0 Å². The molecule has 1 aromatic carbocycles. The van der Waals surface area contributed by atoms with Crippen molar-refractivity contribution in [2.24, 2.45) is 0 Å². The van der Waals surface area contributed by atoms with Gasteiger partial charge in [-0.3, -0.25) is 0 Å². The average Bonchev–Trinajstić information content (AvgIpc) is 2.92. The zero-order chi connectivity index (χ0) is 15.9. The lowest BCUT2D eigenvalue weighted by molar-refractivity contribution is 0.237. The highest BCUT2D eigenvalue weighted by Gasteiger charge is 2.09. The topological polar surface area (TPSA) is 80.0 Å². The lowest BCUT2D eigenvalue weighted by atomic mass is 10.1. The third kappa shape index (κ3) is 4.58. The van der Waals surface area contributed by atoms with Gasteiger partial charge in [-0.15, -0.1) is 0 Å². The minimum absolute atomic E-state index is 0.0449. The van der Waals surface area contributed by atoms with E-state index in [9.17, 15) is 4.79 Å². The Kier molecular flexibility index (Phi) is 5.52. The van der Waals surface area contributed by atoms with Crippen molar-refractivity contribution in [3.63, 3.8) is 0 Å². The van der Waals surface area contributed by atoms with Crippen LogP contribution >= 0.6 is 0 Å². The second kappa shape index (κ2) is 7.59. The maximum absolute atomic E-state index is 11.9. The molecule has 2 aromatic rings. The van der Waals surface area contributed by atoms with Crippen LogP contribution in [0.15, 0.2) is 28.8 Å². The molecule has 0 radical (unpaired) electrons. The molecule has 1 aromatic heterocycles. The first-order valence-corrected chi connectivity index (χ1v) is 7.51. The van der Waals surface area contributed by atoms with Crippen LogP contribution in [0.3, 0.4) is 0 Å².